The Kier molecular flexibility index (Phi) is 2.76. The molecule has 0 aliphatic carbocycles. The van der Waals surface area contributed by atoms with Gasteiger partial charge in [-0.25, -0.2) is 8.78 Å². The van der Waals surface area contributed by atoms with Crippen molar-refractivity contribution in [2.24, 2.45) is 5.73 Å². The molecule has 0 aliphatic rings. The molecule has 4 heteroatoms. The van der Waals surface area contributed by atoms with Gasteiger partial charge in [-0.05, 0) is 26.0 Å². The third kappa shape index (κ3) is 1.85. The molecule has 1 rings (SSSR count). The van der Waals surface area contributed by atoms with Crippen molar-refractivity contribution >= 4 is 0 Å². The highest BCUT2D eigenvalue weighted by atomic mass is 19.2. The van der Waals surface area contributed by atoms with Crippen LogP contribution in [-0.4, -0.2) is 7.11 Å². The smallest absolute Gasteiger partial charge is 0.167 e. The van der Waals surface area contributed by atoms with Gasteiger partial charge in [0.1, 0.15) is 5.75 Å². The van der Waals surface area contributed by atoms with Gasteiger partial charge in [-0.3, -0.25) is 0 Å². The zero-order chi connectivity index (χ0) is 10.9. The van der Waals surface area contributed by atoms with Crippen molar-refractivity contribution < 1.29 is 13.5 Å². The van der Waals surface area contributed by atoms with Gasteiger partial charge in [-0.2, -0.15) is 0 Å². The van der Waals surface area contributed by atoms with E-state index in [0.717, 1.165) is 6.07 Å². The summed E-state index contributed by atoms with van der Waals surface area (Å²) in [5.41, 5.74) is 4.80. The first-order valence-electron chi connectivity index (χ1n) is 4.19. The van der Waals surface area contributed by atoms with E-state index in [2.05, 4.69) is 0 Å². The molecule has 0 fully saturated rings. The quantitative estimate of drug-likeness (QED) is 0.795. The van der Waals surface area contributed by atoms with Crippen LogP contribution in [0.4, 0.5) is 8.78 Å². The van der Waals surface area contributed by atoms with Crippen LogP contribution in [-0.2, 0) is 5.54 Å². The second-order valence-corrected chi connectivity index (χ2v) is 3.66. The van der Waals surface area contributed by atoms with E-state index >= 15 is 0 Å². The minimum atomic E-state index is -0.975. The summed E-state index contributed by atoms with van der Waals surface area (Å²) in [6, 6.07) is 2.38. The zero-order valence-corrected chi connectivity index (χ0v) is 8.40. The van der Waals surface area contributed by atoms with E-state index in [1.807, 2.05) is 0 Å². The average Bonchev–Trinajstić information content (AvgIpc) is 2.07. The lowest BCUT2D eigenvalue weighted by molar-refractivity contribution is 0.375. The number of ether oxygens (including phenoxy) is 1. The standard InChI is InChI=1S/C10H13F2NO/c1-10(2,13)8-7(14-3)5-4-6(11)9(8)12/h4-5H,13H2,1-3H3. The fourth-order valence-corrected chi connectivity index (χ4v) is 1.30. The molecule has 1 aromatic carbocycles. The SMILES string of the molecule is COc1ccc(F)c(F)c1C(C)(C)N. The molecule has 0 bridgehead atoms. The first kappa shape index (κ1) is 10.9. The van der Waals surface area contributed by atoms with Gasteiger partial charge in [-0.1, -0.05) is 0 Å². The molecule has 2 N–H and O–H groups in total. The molecule has 0 radical (unpaired) electrons. The molecular formula is C10H13F2NO. The largest absolute Gasteiger partial charge is 0.496 e. The predicted octanol–water partition coefficient (Wildman–Crippen LogP) is 2.17. The number of hydrogen-bond donors (Lipinski definition) is 1. The Morgan fingerprint density at radius 1 is 1.29 bits per heavy atom. The number of methoxy groups -OCH3 is 1. The van der Waals surface area contributed by atoms with Crippen molar-refractivity contribution in [3.05, 3.63) is 29.3 Å². The molecule has 0 amide bonds. The fraction of sp³-hybridized carbons (Fsp3) is 0.400. The Hall–Kier alpha value is -1.16. The van der Waals surface area contributed by atoms with Gasteiger partial charge in [0.15, 0.2) is 11.6 Å². The first-order valence-corrected chi connectivity index (χ1v) is 4.19. The molecule has 14 heavy (non-hydrogen) atoms. The number of hydrogen-bond acceptors (Lipinski definition) is 2. The van der Waals surface area contributed by atoms with E-state index in [-0.39, 0.29) is 11.3 Å². The Labute approximate surface area is 81.7 Å². The summed E-state index contributed by atoms with van der Waals surface area (Å²) >= 11 is 0. The molecule has 1 aromatic rings. The highest BCUT2D eigenvalue weighted by Gasteiger charge is 2.25. The summed E-state index contributed by atoms with van der Waals surface area (Å²) in [5, 5.41) is 0. The van der Waals surface area contributed by atoms with Crippen molar-refractivity contribution in [1.82, 2.24) is 0 Å². The molecule has 0 spiro atoms. The molecule has 2 nitrogen and oxygen atoms in total. The van der Waals surface area contributed by atoms with E-state index < -0.39 is 17.2 Å². The third-order valence-electron chi connectivity index (χ3n) is 1.92. The minimum Gasteiger partial charge on any atom is -0.496 e. The maximum Gasteiger partial charge on any atom is 0.167 e. The molecule has 0 saturated heterocycles. The van der Waals surface area contributed by atoms with E-state index in [1.54, 1.807) is 13.8 Å². The Morgan fingerprint density at radius 3 is 2.29 bits per heavy atom. The second-order valence-electron chi connectivity index (χ2n) is 3.66. The van der Waals surface area contributed by atoms with Gasteiger partial charge in [0, 0.05) is 5.54 Å². The van der Waals surface area contributed by atoms with Crippen LogP contribution in [0.15, 0.2) is 12.1 Å². The van der Waals surface area contributed by atoms with Gasteiger partial charge in [-0.15, -0.1) is 0 Å². The maximum absolute atomic E-state index is 13.4. The summed E-state index contributed by atoms with van der Waals surface area (Å²) in [4.78, 5) is 0. The van der Waals surface area contributed by atoms with Crippen LogP contribution in [0.5, 0.6) is 5.75 Å². The van der Waals surface area contributed by atoms with Crippen molar-refractivity contribution in [2.75, 3.05) is 7.11 Å². The fourth-order valence-electron chi connectivity index (χ4n) is 1.30. The molecule has 0 saturated carbocycles. The van der Waals surface area contributed by atoms with Crippen LogP contribution in [0.2, 0.25) is 0 Å². The lowest BCUT2D eigenvalue weighted by atomic mass is 9.94. The molecule has 0 aromatic heterocycles. The van der Waals surface area contributed by atoms with Crippen LogP contribution in [0.1, 0.15) is 19.4 Å². The lowest BCUT2D eigenvalue weighted by Crippen LogP contribution is -2.31. The Morgan fingerprint density at radius 2 is 1.86 bits per heavy atom. The third-order valence-corrected chi connectivity index (χ3v) is 1.92. The normalized spacial score (nSPS) is 11.6. The highest BCUT2D eigenvalue weighted by molar-refractivity contribution is 5.39. The second kappa shape index (κ2) is 3.53. The molecular weight excluding hydrogens is 188 g/mol. The topological polar surface area (TPSA) is 35.2 Å². The van der Waals surface area contributed by atoms with Crippen molar-refractivity contribution in [3.8, 4) is 5.75 Å². The number of nitrogens with two attached hydrogens (primary N) is 1. The van der Waals surface area contributed by atoms with Gasteiger partial charge in [0.2, 0.25) is 0 Å². The van der Waals surface area contributed by atoms with Gasteiger partial charge < -0.3 is 10.5 Å². The van der Waals surface area contributed by atoms with Crippen LogP contribution in [0.3, 0.4) is 0 Å². The average molecular weight is 201 g/mol. The first-order chi connectivity index (χ1) is 6.38. The van der Waals surface area contributed by atoms with Crippen LogP contribution in [0, 0.1) is 11.6 Å². The summed E-state index contributed by atoms with van der Waals surface area (Å²) in [6.45, 7) is 3.18. The van der Waals surface area contributed by atoms with Gasteiger partial charge in [0.25, 0.3) is 0 Å². The summed E-state index contributed by atoms with van der Waals surface area (Å²) in [7, 11) is 1.39. The summed E-state index contributed by atoms with van der Waals surface area (Å²) in [5.74, 6) is -1.60. The molecule has 0 heterocycles. The summed E-state index contributed by atoms with van der Waals surface area (Å²) < 4.78 is 31.3. The van der Waals surface area contributed by atoms with Crippen molar-refractivity contribution in [3.63, 3.8) is 0 Å². The predicted molar refractivity (Wildman–Crippen MR) is 50.1 cm³/mol. The lowest BCUT2D eigenvalue weighted by Gasteiger charge is -2.22. The minimum absolute atomic E-state index is 0.0556. The van der Waals surface area contributed by atoms with Crippen molar-refractivity contribution in [1.29, 1.82) is 0 Å². The van der Waals surface area contributed by atoms with Gasteiger partial charge in [0.05, 0.1) is 12.7 Å². The van der Waals surface area contributed by atoms with Crippen LogP contribution >= 0.6 is 0 Å². The van der Waals surface area contributed by atoms with E-state index in [9.17, 15) is 8.78 Å². The number of rotatable bonds is 2. The monoisotopic (exact) mass is 201 g/mol. The Bertz CT molecular complexity index is 345. The van der Waals surface area contributed by atoms with Crippen molar-refractivity contribution in [2.45, 2.75) is 19.4 Å². The maximum atomic E-state index is 13.4. The molecule has 0 atom stereocenters. The van der Waals surface area contributed by atoms with E-state index in [0.29, 0.717) is 0 Å². The highest BCUT2D eigenvalue weighted by Crippen LogP contribution is 2.31. The molecule has 0 aliphatic heterocycles. The molecule has 78 valence electrons. The molecule has 0 unspecified atom stereocenters. The Balaban J connectivity index is 3.44. The number of halogens is 2. The van der Waals surface area contributed by atoms with Gasteiger partial charge >= 0.3 is 0 Å². The summed E-state index contributed by atoms with van der Waals surface area (Å²) in [6.07, 6.45) is 0. The van der Waals surface area contributed by atoms with Crippen LogP contribution < -0.4 is 10.5 Å². The van der Waals surface area contributed by atoms with E-state index in [1.165, 1.54) is 13.2 Å². The zero-order valence-electron chi connectivity index (χ0n) is 8.40. The number of benzene rings is 1. The van der Waals surface area contributed by atoms with Crippen LogP contribution in [0.25, 0.3) is 0 Å². The van der Waals surface area contributed by atoms with E-state index in [4.69, 9.17) is 10.5 Å².